The molecule has 1 atom stereocenters. The van der Waals surface area contributed by atoms with Crippen LogP contribution >= 0.6 is 11.6 Å². The van der Waals surface area contributed by atoms with Crippen molar-refractivity contribution in [1.82, 2.24) is 5.32 Å². The van der Waals surface area contributed by atoms with Crippen LogP contribution in [0, 0.1) is 0 Å². The number of anilines is 1. The van der Waals surface area contributed by atoms with Gasteiger partial charge in [0.05, 0.1) is 12.2 Å². The van der Waals surface area contributed by atoms with Crippen LogP contribution in [0.3, 0.4) is 0 Å². The second-order valence-electron chi connectivity index (χ2n) is 5.69. The molecule has 0 aliphatic carbocycles. The van der Waals surface area contributed by atoms with Crippen molar-refractivity contribution in [2.45, 2.75) is 26.0 Å². The topological polar surface area (TPSA) is 33.3 Å². The lowest BCUT2D eigenvalue weighted by molar-refractivity contribution is 0.226. The molecule has 2 N–H and O–H groups in total. The molecule has 4 heteroatoms. The second-order valence-corrected chi connectivity index (χ2v) is 6.13. The van der Waals surface area contributed by atoms with E-state index in [1.807, 2.05) is 12.1 Å². The quantitative estimate of drug-likeness (QED) is 0.822. The third-order valence-electron chi connectivity index (χ3n) is 3.78. The fourth-order valence-electron chi connectivity index (χ4n) is 2.55. The van der Waals surface area contributed by atoms with E-state index < -0.39 is 0 Å². The van der Waals surface area contributed by atoms with E-state index in [1.54, 1.807) is 0 Å². The molecule has 0 saturated carbocycles. The van der Waals surface area contributed by atoms with E-state index in [9.17, 15) is 0 Å². The average Bonchev–Trinajstić information content (AvgIpc) is 2.53. The molecule has 1 aliphatic heterocycles. The van der Waals surface area contributed by atoms with Gasteiger partial charge in [-0.1, -0.05) is 29.8 Å². The highest BCUT2D eigenvalue weighted by atomic mass is 35.5. The number of ether oxygens (including phenoxy) is 1. The van der Waals surface area contributed by atoms with Crippen LogP contribution < -0.4 is 15.4 Å². The number of benzene rings is 2. The van der Waals surface area contributed by atoms with Gasteiger partial charge < -0.3 is 15.4 Å². The van der Waals surface area contributed by atoms with Crippen molar-refractivity contribution in [3.8, 4) is 5.75 Å². The van der Waals surface area contributed by atoms with E-state index in [0.29, 0.717) is 0 Å². The van der Waals surface area contributed by atoms with Gasteiger partial charge in [0.2, 0.25) is 0 Å². The zero-order valence-corrected chi connectivity index (χ0v) is 13.5. The van der Waals surface area contributed by atoms with Crippen molar-refractivity contribution in [3.05, 3.63) is 58.6 Å². The summed E-state index contributed by atoms with van der Waals surface area (Å²) in [5, 5.41) is 7.66. The Hall–Kier alpha value is -1.71. The Morgan fingerprint density at radius 2 is 1.95 bits per heavy atom. The van der Waals surface area contributed by atoms with Crippen molar-refractivity contribution < 1.29 is 4.74 Å². The van der Waals surface area contributed by atoms with Crippen LogP contribution in [0.2, 0.25) is 5.02 Å². The smallest absolute Gasteiger partial charge is 0.142 e. The normalized spacial score (nSPS) is 16.5. The first-order valence-electron chi connectivity index (χ1n) is 7.69. The van der Waals surface area contributed by atoms with Crippen LogP contribution in [0.25, 0.3) is 0 Å². The Balaban J connectivity index is 1.48. The zero-order valence-electron chi connectivity index (χ0n) is 12.7. The summed E-state index contributed by atoms with van der Waals surface area (Å²) in [6, 6.07) is 14.3. The minimum atomic E-state index is 0.236. The highest BCUT2D eigenvalue weighted by molar-refractivity contribution is 6.30. The molecule has 3 rings (SSSR count). The maximum absolute atomic E-state index is 5.88. The Bertz CT molecular complexity index is 627. The summed E-state index contributed by atoms with van der Waals surface area (Å²) in [7, 11) is 0. The fourth-order valence-corrected chi connectivity index (χ4v) is 2.68. The molecule has 0 bridgehead atoms. The Morgan fingerprint density at radius 1 is 1.18 bits per heavy atom. The molecular formula is C18H21ClN2O. The average molecular weight is 317 g/mol. The van der Waals surface area contributed by atoms with E-state index >= 15 is 0 Å². The predicted molar refractivity (Wildman–Crippen MR) is 91.9 cm³/mol. The van der Waals surface area contributed by atoms with E-state index in [-0.39, 0.29) is 6.10 Å². The summed E-state index contributed by atoms with van der Waals surface area (Å²) in [6.45, 7) is 4.75. The molecule has 2 aromatic rings. The summed E-state index contributed by atoms with van der Waals surface area (Å²) in [6.07, 6.45) is 1.23. The van der Waals surface area contributed by atoms with Crippen molar-refractivity contribution in [2.75, 3.05) is 18.4 Å². The van der Waals surface area contributed by atoms with Gasteiger partial charge in [0.25, 0.3) is 0 Å². The zero-order chi connectivity index (χ0) is 15.4. The predicted octanol–water partition coefficient (Wildman–Crippen LogP) is 3.87. The van der Waals surface area contributed by atoms with Gasteiger partial charge in [-0.3, -0.25) is 0 Å². The number of fused-ring (bicyclic) bond motifs is 1. The summed E-state index contributed by atoms with van der Waals surface area (Å²) in [5.41, 5.74) is 3.67. The first-order valence-corrected chi connectivity index (χ1v) is 8.07. The van der Waals surface area contributed by atoms with Gasteiger partial charge in [0.1, 0.15) is 11.9 Å². The summed E-state index contributed by atoms with van der Waals surface area (Å²) < 4.78 is 5.79. The number of hydrogen-bond donors (Lipinski definition) is 2. The fraction of sp³-hybridized carbons (Fsp3) is 0.333. The van der Waals surface area contributed by atoms with E-state index in [2.05, 4.69) is 47.9 Å². The Kier molecular flexibility index (Phi) is 4.86. The summed E-state index contributed by atoms with van der Waals surface area (Å²) in [5.74, 6) is 0.955. The minimum absolute atomic E-state index is 0.236. The molecule has 0 saturated heterocycles. The van der Waals surface area contributed by atoms with E-state index in [4.69, 9.17) is 16.3 Å². The van der Waals surface area contributed by atoms with Gasteiger partial charge in [-0.05, 0) is 55.3 Å². The molecule has 0 fully saturated rings. The van der Waals surface area contributed by atoms with Gasteiger partial charge in [0, 0.05) is 11.6 Å². The molecule has 3 nitrogen and oxygen atoms in total. The Labute approximate surface area is 136 Å². The molecule has 116 valence electrons. The van der Waals surface area contributed by atoms with E-state index in [1.165, 1.54) is 11.1 Å². The third kappa shape index (κ3) is 3.93. The SMILES string of the molecule is CC1CNc2cc(CCNCc3ccc(Cl)cc3)ccc2O1. The van der Waals surface area contributed by atoms with Gasteiger partial charge in [-0.2, -0.15) is 0 Å². The van der Waals surface area contributed by atoms with Gasteiger partial charge in [-0.25, -0.2) is 0 Å². The van der Waals surface area contributed by atoms with Crippen LogP contribution in [0.15, 0.2) is 42.5 Å². The number of hydrogen-bond acceptors (Lipinski definition) is 3. The lowest BCUT2D eigenvalue weighted by atomic mass is 10.1. The van der Waals surface area contributed by atoms with Gasteiger partial charge in [0.15, 0.2) is 0 Å². The molecular weight excluding hydrogens is 296 g/mol. The van der Waals surface area contributed by atoms with E-state index in [0.717, 1.165) is 42.5 Å². The summed E-state index contributed by atoms with van der Waals surface area (Å²) >= 11 is 5.88. The molecule has 0 amide bonds. The Morgan fingerprint density at radius 3 is 2.77 bits per heavy atom. The highest BCUT2D eigenvalue weighted by Gasteiger charge is 2.15. The molecule has 1 unspecified atom stereocenters. The van der Waals surface area contributed by atoms with Crippen molar-refractivity contribution in [3.63, 3.8) is 0 Å². The number of halogens is 1. The largest absolute Gasteiger partial charge is 0.487 e. The molecule has 1 heterocycles. The number of rotatable bonds is 5. The van der Waals surface area contributed by atoms with Crippen LogP contribution in [0.4, 0.5) is 5.69 Å². The maximum atomic E-state index is 5.88. The molecule has 2 aromatic carbocycles. The lowest BCUT2D eigenvalue weighted by Gasteiger charge is -2.25. The monoisotopic (exact) mass is 316 g/mol. The van der Waals surface area contributed by atoms with Crippen LogP contribution in [-0.4, -0.2) is 19.2 Å². The van der Waals surface area contributed by atoms with Crippen LogP contribution in [0.1, 0.15) is 18.1 Å². The molecule has 0 aromatic heterocycles. The lowest BCUT2D eigenvalue weighted by Crippen LogP contribution is -2.27. The van der Waals surface area contributed by atoms with Crippen molar-refractivity contribution in [2.24, 2.45) is 0 Å². The van der Waals surface area contributed by atoms with Gasteiger partial charge >= 0.3 is 0 Å². The van der Waals surface area contributed by atoms with Crippen molar-refractivity contribution in [1.29, 1.82) is 0 Å². The van der Waals surface area contributed by atoms with Gasteiger partial charge in [-0.15, -0.1) is 0 Å². The molecule has 22 heavy (non-hydrogen) atoms. The third-order valence-corrected chi connectivity index (χ3v) is 4.04. The van der Waals surface area contributed by atoms with Crippen LogP contribution in [-0.2, 0) is 13.0 Å². The molecule has 0 radical (unpaired) electrons. The first kappa shape index (κ1) is 15.2. The summed E-state index contributed by atoms with van der Waals surface area (Å²) in [4.78, 5) is 0. The standard InChI is InChI=1S/C18H21ClN2O/c1-13-11-21-17-10-14(4-7-18(17)22-13)8-9-20-12-15-2-5-16(19)6-3-15/h2-7,10,13,20-21H,8-9,11-12H2,1H3. The second kappa shape index (κ2) is 7.03. The first-order chi connectivity index (χ1) is 10.7. The van der Waals surface area contributed by atoms with Crippen LogP contribution in [0.5, 0.6) is 5.75 Å². The minimum Gasteiger partial charge on any atom is -0.487 e. The highest BCUT2D eigenvalue weighted by Crippen LogP contribution is 2.29. The molecule has 0 spiro atoms. The molecule has 1 aliphatic rings. The van der Waals surface area contributed by atoms with Crippen molar-refractivity contribution >= 4 is 17.3 Å². The number of nitrogens with one attached hydrogen (secondary N) is 2. The maximum Gasteiger partial charge on any atom is 0.142 e.